The van der Waals surface area contributed by atoms with Crippen LogP contribution in [0.4, 0.5) is 10.2 Å². The Morgan fingerprint density at radius 3 is 2.92 bits per heavy atom. The number of benzene rings is 1. The van der Waals surface area contributed by atoms with E-state index in [1.807, 2.05) is 12.1 Å². The lowest BCUT2D eigenvalue weighted by molar-refractivity contribution is 0.301. The Kier molecular flexibility index (Phi) is 5.96. The van der Waals surface area contributed by atoms with Crippen LogP contribution in [0.15, 0.2) is 42.6 Å². The predicted molar refractivity (Wildman–Crippen MR) is 91.8 cm³/mol. The van der Waals surface area contributed by atoms with Gasteiger partial charge in [-0.3, -0.25) is 0 Å². The van der Waals surface area contributed by atoms with Gasteiger partial charge in [0.25, 0.3) is 0 Å². The maximum Gasteiger partial charge on any atom is 0.151 e. The molecule has 1 aromatic heterocycles. The van der Waals surface area contributed by atoms with Gasteiger partial charge in [0, 0.05) is 25.3 Å². The molecule has 1 saturated heterocycles. The number of aromatic nitrogens is 2. The van der Waals surface area contributed by atoms with Crippen LogP contribution in [0, 0.1) is 5.82 Å². The van der Waals surface area contributed by atoms with E-state index >= 15 is 0 Å². The number of hydrogen-bond donors (Lipinski definition) is 1. The standard InChI is InChI=1S/C18H23FN4O/c19-15-6-8-17(9-7-15)24-13-3-10-20-16-4-2-12-23(14-16)18-5-1-11-21-22-18/h1,5-9,11,16,20H,2-4,10,12-14H2. The van der Waals surface area contributed by atoms with Crippen LogP contribution >= 0.6 is 0 Å². The molecule has 128 valence electrons. The number of halogens is 1. The van der Waals surface area contributed by atoms with Gasteiger partial charge in [-0.2, -0.15) is 5.10 Å². The Bertz CT molecular complexity index is 608. The first kappa shape index (κ1) is 16.6. The van der Waals surface area contributed by atoms with Gasteiger partial charge in [0.05, 0.1) is 6.61 Å². The lowest BCUT2D eigenvalue weighted by Gasteiger charge is -2.33. The summed E-state index contributed by atoms with van der Waals surface area (Å²) in [6, 6.07) is 10.5. The second-order valence-corrected chi connectivity index (χ2v) is 5.98. The molecule has 0 radical (unpaired) electrons. The fourth-order valence-corrected chi connectivity index (χ4v) is 2.91. The summed E-state index contributed by atoms with van der Waals surface area (Å²) in [5, 5.41) is 11.7. The molecule has 3 rings (SSSR count). The second kappa shape index (κ2) is 8.59. The van der Waals surface area contributed by atoms with Crippen molar-refractivity contribution in [2.24, 2.45) is 0 Å². The minimum Gasteiger partial charge on any atom is -0.494 e. The number of piperidine rings is 1. The quantitative estimate of drug-likeness (QED) is 0.791. The second-order valence-electron chi connectivity index (χ2n) is 5.98. The molecule has 1 aliphatic rings. The van der Waals surface area contributed by atoms with E-state index in [1.165, 1.54) is 18.6 Å². The van der Waals surface area contributed by atoms with Gasteiger partial charge >= 0.3 is 0 Å². The summed E-state index contributed by atoms with van der Waals surface area (Å²) < 4.78 is 18.4. The van der Waals surface area contributed by atoms with Gasteiger partial charge in [0.1, 0.15) is 11.6 Å². The minimum atomic E-state index is -0.242. The summed E-state index contributed by atoms with van der Waals surface area (Å²) in [6.07, 6.45) is 4.94. The molecule has 6 heteroatoms. The zero-order valence-corrected chi connectivity index (χ0v) is 13.7. The third-order valence-electron chi connectivity index (χ3n) is 4.14. The summed E-state index contributed by atoms with van der Waals surface area (Å²) in [5.41, 5.74) is 0. The number of hydrogen-bond acceptors (Lipinski definition) is 5. The van der Waals surface area contributed by atoms with Gasteiger partial charge in [0.2, 0.25) is 0 Å². The van der Waals surface area contributed by atoms with Crippen molar-refractivity contribution in [3.05, 3.63) is 48.4 Å². The van der Waals surface area contributed by atoms with E-state index in [-0.39, 0.29) is 5.82 Å². The molecule has 0 spiro atoms. The third kappa shape index (κ3) is 4.89. The highest BCUT2D eigenvalue weighted by Gasteiger charge is 2.20. The molecule has 2 heterocycles. The molecular formula is C18H23FN4O. The van der Waals surface area contributed by atoms with Crippen molar-refractivity contribution in [3.63, 3.8) is 0 Å². The van der Waals surface area contributed by atoms with E-state index in [4.69, 9.17) is 4.74 Å². The minimum absolute atomic E-state index is 0.242. The van der Waals surface area contributed by atoms with Crippen molar-refractivity contribution in [2.75, 3.05) is 31.1 Å². The van der Waals surface area contributed by atoms with E-state index in [0.717, 1.165) is 38.3 Å². The summed E-state index contributed by atoms with van der Waals surface area (Å²) in [5.74, 6) is 1.42. The van der Waals surface area contributed by atoms with Crippen molar-refractivity contribution in [1.82, 2.24) is 15.5 Å². The van der Waals surface area contributed by atoms with E-state index in [1.54, 1.807) is 18.3 Å². The van der Waals surface area contributed by atoms with Crippen LogP contribution in [-0.4, -0.2) is 42.5 Å². The first-order valence-corrected chi connectivity index (χ1v) is 8.46. The number of anilines is 1. The van der Waals surface area contributed by atoms with E-state index in [0.29, 0.717) is 18.4 Å². The molecule has 24 heavy (non-hydrogen) atoms. The highest BCUT2D eigenvalue weighted by molar-refractivity contribution is 5.37. The summed E-state index contributed by atoms with van der Waals surface area (Å²) >= 11 is 0. The molecule has 0 aliphatic carbocycles. The van der Waals surface area contributed by atoms with Crippen LogP contribution in [0.25, 0.3) is 0 Å². The Balaban J connectivity index is 1.35. The molecule has 0 saturated carbocycles. The monoisotopic (exact) mass is 330 g/mol. The summed E-state index contributed by atoms with van der Waals surface area (Å²) in [4.78, 5) is 2.28. The first-order valence-electron chi connectivity index (χ1n) is 8.46. The van der Waals surface area contributed by atoms with Gasteiger partial charge in [0.15, 0.2) is 5.82 Å². The fourth-order valence-electron chi connectivity index (χ4n) is 2.91. The molecule has 1 fully saturated rings. The van der Waals surface area contributed by atoms with Gasteiger partial charge in [-0.05, 0) is 62.2 Å². The van der Waals surface area contributed by atoms with Crippen LogP contribution in [0.3, 0.4) is 0 Å². The maximum atomic E-state index is 12.8. The Morgan fingerprint density at radius 1 is 1.25 bits per heavy atom. The molecule has 5 nitrogen and oxygen atoms in total. The van der Waals surface area contributed by atoms with Crippen LogP contribution in [0.1, 0.15) is 19.3 Å². The summed E-state index contributed by atoms with van der Waals surface area (Å²) in [7, 11) is 0. The van der Waals surface area contributed by atoms with Crippen LogP contribution in [0.5, 0.6) is 5.75 Å². The van der Waals surface area contributed by atoms with Crippen molar-refractivity contribution >= 4 is 5.82 Å². The average molecular weight is 330 g/mol. The predicted octanol–water partition coefficient (Wildman–Crippen LogP) is 2.64. The van der Waals surface area contributed by atoms with Gasteiger partial charge in [-0.1, -0.05) is 0 Å². The van der Waals surface area contributed by atoms with Crippen molar-refractivity contribution in [3.8, 4) is 5.75 Å². The molecule has 2 aromatic rings. The van der Waals surface area contributed by atoms with Gasteiger partial charge < -0.3 is 15.0 Å². The van der Waals surface area contributed by atoms with Gasteiger partial charge in [-0.25, -0.2) is 4.39 Å². The molecule has 0 amide bonds. The van der Waals surface area contributed by atoms with Crippen LogP contribution < -0.4 is 15.0 Å². The average Bonchev–Trinajstić information content (AvgIpc) is 2.64. The first-order chi connectivity index (χ1) is 11.8. The topological polar surface area (TPSA) is 50.3 Å². The molecule has 1 aromatic carbocycles. The molecular weight excluding hydrogens is 307 g/mol. The van der Waals surface area contributed by atoms with E-state index < -0.39 is 0 Å². The number of nitrogens with zero attached hydrogens (tertiary/aromatic N) is 3. The highest BCUT2D eigenvalue weighted by Crippen LogP contribution is 2.16. The highest BCUT2D eigenvalue weighted by atomic mass is 19.1. The normalized spacial score (nSPS) is 17.7. The maximum absolute atomic E-state index is 12.8. The molecule has 1 aliphatic heterocycles. The molecule has 1 unspecified atom stereocenters. The summed E-state index contributed by atoms with van der Waals surface area (Å²) in [6.45, 7) is 3.52. The molecule has 0 bridgehead atoms. The van der Waals surface area contributed by atoms with Crippen molar-refractivity contribution in [1.29, 1.82) is 0 Å². The fraction of sp³-hybridized carbons (Fsp3) is 0.444. The van der Waals surface area contributed by atoms with Gasteiger partial charge in [-0.15, -0.1) is 5.10 Å². The number of ether oxygens (including phenoxy) is 1. The largest absolute Gasteiger partial charge is 0.494 e. The van der Waals surface area contributed by atoms with E-state index in [2.05, 4.69) is 20.4 Å². The molecule has 1 N–H and O–H groups in total. The van der Waals surface area contributed by atoms with Crippen LogP contribution in [0.2, 0.25) is 0 Å². The molecule has 1 atom stereocenters. The Hall–Kier alpha value is -2.21. The zero-order valence-electron chi connectivity index (χ0n) is 13.7. The number of rotatable bonds is 7. The van der Waals surface area contributed by atoms with Crippen molar-refractivity contribution in [2.45, 2.75) is 25.3 Å². The van der Waals surface area contributed by atoms with E-state index in [9.17, 15) is 4.39 Å². The SMILES string of the molecule is Fc1ccc(OCCCNC2CCCN(c3cccnn3)C2)cc1. The Morgan fingerprint density at radius 2 is 2.12 bits per heavy atom. The smallest absolute Gasteiger partial charge is 0.151 e. The Labute approximate surface area is 141 Å². The lowest BCUT2D eigenvalue weighted by Crippen LogP contribution is -2.46. The van der Waals surface area contributed by atoms with Crippen LogP contribution in [-0.2, 0) is 0 Å². The lowest BCUT2D eigenvalue weighted by atomic mass is 10.1. The van der Waals surface area contributed by atoms with Crippen molar-refractivity contribution < 1.29 is 9.13 Å². The zero-order chi connectivity index (χ0) is 16.6. The number of nitrogens with one attached hydrogen (secondary N) is 1. The third-order valence-corrected chi connectivity index (χ3v) is 4.14.